The fourth-order valence-corrected chi connectivity index (χ4v) is 3.31. The first-order chi connectivity index (χ1) is 10.2. The van der Waals surface area contributed by atoms with Gasteiger partial charge in [-0.05, 0) is 37.1 Å². The number of nitrogens with zero attached hydrogens (tertiary/aromatic N) is 2. The van der Waals surface area contributed by atoms with E-state index >= 15 is 0 Å². The molecule has 1 heterocycles. The van der Waals surface area contributed by atoms with Gasteiger partial charge in [-0.2, -0.15) is 5.10 Å². The van der Waals surface area contributed by atoms with Gasteiger partial charge >= 0.3 is 0 Å². The summed E-state index contributed by atoms with van der Waals surface area (Å²) in [7, 11) is 0. The van der Waals surface area contributed by atoms with E-state index in [1.165, 1.54) is 32.1 Å². The summed E-state index contributed by atoms with van der Waals surface area (Å²) >= 11 is 12.0. The second-order valence-electron chi connectivity index (χ2n) is 5.56. The van der Waals surface area contributed by atoms with Crippen LogP contribution in [0, 0.1) is 0 Å². The molecule has 0 unspecified atom stereocenters. The summed E-state index contributed by atoms with van der Waals surface area (Å²) in [5.74, 6) is 0. The molecule has 0 amide bonds. The van der Waals surface area contributed by atoms with Gasteiger partial charge in [-0.3, -0.25) is 4.68 Å². The zero-order valence-corrected chi connectivity index (χ0v) is 13.4. The Hall–Kier alpha value is -1.19. The van der Waals surface area contributed by atoms with Crippen molar-refractivity contribution in [2.45, 2.75) is 44.7 Å². The highest BCUT2D eigenvalue weighted by Crippen LogP contribution is 2.28. The van der Waals surface area contributed by atoms with E-state index in [4.69, 9.17) is 23.2 Å². The highest BCUT2D eigenvalue weighted by atomic mass is 35.5. The quantitative estimate of drug-likeness (QED) is 0.826. The monoisotopic (exact) mass is 323 g/mol. The van der Waals surface area contributed by atoms with Crippen LogP contribution in [0.5, 0.6) is 0 Å². The maximum atomic E-state index is 6.15. The van der Waals surface area contributed by atoms with Gasteiger partial charge in [0.2, 0.25) is 0 Å². The Morgan fingerprint density at radius 1 is 1.14 bits per heavy atom. The van der Waals surface area contributed by atoms with Crippen LogP contribution >= 0.6 is 23.2 Å². The van der Waals surface area contributed by atoms with Crippen molar-refractivity contribution in [3.8, 4) is 0 Å². The van der Waals surface area contributed by atoms with Gasteiger partial charge < -0.3 is 5.32 Å². The molecule has 112 valence electrons. The van der Waals surface area contributed by atoms with Gasteiger partial charge in [0, 0.05) is 11.2 Å². The van der Waals surface area contributed by atoms with Gasteiger partial charge in [-0.1, -0.05) is 42.5 Å². The maximum Gasteiger partial charge on any atom is 0.0815 e. The van der Waals surface area contributed by atoms with Crippen LogP contribution in [0.3, 0.4) is 0 Å². The lowest BCUT2D eigenvalue weighted by Gasteiger charge is -2.21. The molecule has 0 aliphatic heterocycles. The molecule has 0 spiro atoms. The molecule has 3 rings (SSSR count). The Morgan fingerprint density at radius 3 is 2.71 bits per heavy atom. The van der Waals surface area contributed by atoms with Gasteiger partial charge in [0.25, 0.3) is 0 Å². The van der Waals surface area contributed by atoms with Gasteiger partial charge in [0.1, 0.15) is 0 Å². The standard InChI is InChI=1S/C16H19Cl2N3/c17-12-6-7-16(15(18)10-12)19-11-13-8-9-21(20-13)14-4-2-1-3-5-14/h6-10,14,19H,1-5,11H2. The largest absolute Gasteiger partial charge is 0.378 e. The summed E-state index contributed by atoms with van der Waals surface area (Å²) in [6, 6.07) is 8.11. The lowest BCUT2D eigenvalue weighted by molar-refractivity contribution is 0.328. The minimum atomic E-state index is 0.576. The molecule has 0 radical (unpaired) electrons. The molecule has 0 atom stereocenters. The molecular weight excluding hydrogens is 305 g/mol. The molecule has 1 aliphatic carbocycles. The maximum absolute atomic E-state index is 6.15. The van der Waals surface area contributed by atoms with Crippen molar-refractivity contribution < 1.29 is 0 Å². The average molecular weight is 324 g/mol. The smallest absolute Gasteiger partial charge is 0.0815 e. The number of hydrogen-bond donors (Lipinski definition) is 1. The number of anilines is 1. The molecular formula is C16H19Cl2N3. The lowest BCUT2D eigenvalue weighted by Crippen LogP contribution is -2.13. The number of hydrogen-bond acceptors (Lipinski definition) is 2. The summed E-state index contributed by atoms with van der Waals surface area (Å²) in [6.07, 6.45) is 8.59. The van der Waals surface area contributed by atoms with E-state index in [2.05, 4.69) is 27.4 Å². The second kappa shape index (κ2) is 6.71. The molecule has 1 N–H and O–H groups in total. The molecule has 0 bridgehead atoms. The Kier molecular flexibility index (Phi) is 4.71. The Labute approximate surface area is 135 Å². The second-order valence-corrected chi connectivity index (χ2v) is 6.40. The third-order valence-corrected chi connectivity index (χ3v) is 4.55. The van der Waals surface area contributed by atoms with Crippen molar-refractivity contribution in [2.75, 3.05) is 5.32 Å². The Balaban J connectivity index is 1.61. The molecule has 21 heavy (non-hydrogen) atoms. The molecule has 2 aromatic rings. The van der Waals surface area contributed by atoms with E-state index in [1.54, 1.807) is 6.07 Å². The van der Waals surface area contributed by atoms with E-state index in [0.717, 1.165) is 11.4 Å². The summed E-state index contributed by atoms with van der Waals surface area (Å²) in [5.41, 5.74) is 1.92. The summed E-state index contributed by atoms with van der Waals surface area (Å²) in [4.78, 5) is 0. The molecule has 1 fully saturated rings. The van der Waals surface area contributed by atoms with Gasteiger partial charge in [0.15, 0.2) is 0 Å². The van der Waals surface area contributed by atoms with Crippen LogP contribution in [-0.4, -0.2) is 9.78 Å². The van der Waals surface area contributed by atoms with Crippen molar-refractivity contribution in [2.24, 2.45) is 0 Å². The number of benzene rings is 1. The molecule has 0 saturated heterocycles. The number of nitrogens with one attached hydrogen (secondary N) is 1. The molecule has 1 aliphatic rings. The minimum Gasteiger partial charge on any atom is -0.378 e. The first-order valence-electron chi connectivity index (χ1n) is 7.45. The summed E-state index contributed by atoms with van der Waals surface area (Å²) < 4.78 is 2.12. The lowest BCUT2D eigenvalue weighted by atomic mass is 9.96. The van der Waals surface area contributed by atoms with Crippen LogP contribution in [0.15, 0.2) is 30.5 Å². The molecule has 5 heteroatoms. The third kappa shape index (κ3) is 3.72. The van der Waals surface area contributed by atoms with Crippen molar-refractivity contribution in [3.63, 3.8) is 0 Å². The predicted octanol–water partition coefficient (Wildman–Crippen LogP) is 5.31. The highest BCUT2D eigenvalue weighted by molar-refractivity contribution is 6.36. The van der Waals surface area contributed by atoms with Crippen LogP contribution < -0.4 is 5.32 Å². The first kappa shape index (κ1) is 14.7. The topological polar surface area (TPSA) is 29.9 Å². The molecule has 1 aromatic heterocycles. The molecule has 1 aromatic carbocycles. The van der Waals surface area contributed by atoms with E-state index in [9.17, 15) is 0 Å². The fourth-order valence-electron chi connectivity index (χ4n) is 2.84. The summed E-state index contributed by atoms with van der Waals surface area (Å²) in [6.45, 7) is 0.668. The molecule has 1 saturated carbocycles. The average Bonchev–Trinajstić information content (AvgIpc) is 2.96. The summed E-state index contributed by atoms with van der Waals surface area (Å²) in [5, 5.41) is 9.27. The third-order valence-electron chi connectivity index (χ3n) is 4.00. The van der Waals surface area contributed by atoms with Crippen molar-refractivity contribution in [1.29, 1.82) is 0 Å². The normalized spacial score (nSPS) is 16.1. The fraction of sp³-hybridized carbons (Fsp3) is 0.438. The van der Waals surface area contributed by atoms with E-state index in [-0.39, 0.29) is 0 Å². The minimum absolute atomic E-state index is 0.576. The van der Waals surface area contributed by atoms with E-state index in [1.807, 2.05) is 12.1 Å². The van der Waals surface area contributed by atoms with Crippen LogP contribution in [0.1, 0.15) is 43.8 Å². The highest BCUT2D eigenvalue weighted by Gasteiger charge is 2.15. The van der Waals surface area contributed by atoms with Crippen molar-refractivity contribution in [1.82, 2.24) is 9.78 Å². The van der Waals surface area contributed by atoms with E-state index in [0.29, 0.717) is 22.6 Å². The van der Waals surface area contributed by atoms with Gasteiger partial charge in [-0.15, -0.1) is 0 Å². The zero-order valence-electron chi connectivity index (χ0n) is 11.9. The van der Waals surface area contributed by atoms with Gasteiger partial charge in [0.05, 0.1) is 29.0 Å². The van der Waals surface area contributed by atoms with Crippen molar-refractivity contribution in [3.05, 3.63) is 46.2 Å². The van der Waals surface area contributed by atoms with Gasteiger partial charge in [-0.25, -0.2) is 0 Å². The number of rotatable bonds is 4. The van der Waals surface area contributed by atoms with Crippen LogP contribution in [0.25, 0.3) is 0 Å². The zero-order chi connectivity index (χ0) is 14.7. The van der Waals surface area contributed by atoms with Crippen LogP contribution in [-0.2, 0) is 6.54 Å². The first-order valence-corrected chi connectivity index (χ1v) is 8.21. The SMILES string of the molecule is Clc1ccc(NCc2ccn(C3CCCCC3)n2)c(Cl)c1. The van der Waals surface area contributed by atoms with Crippen LogP contribution in [0.4, 0.5) is 5.69 Å². The van der Waals surface area contributed by atoms with Crippen molar-refractivity contribution >= 4 is 28.9 Å². The molecule has 3 nitrogen and oxygen atoms in total. The van der Waals surface area contributed by atoms with Crippen LogP contribution in [0.2, 0.25) is 10.0 Å². The Morgan fingerprint density at radius 2 is 1.95 bits per heavy atom. The number of aromatic nitrogens is 2. The number of halogens is 2. The van der Waals surface area contributed by atoms with E-state index < -0.39 is 0 Å². The predicted molar refractivity (Wildman–Crippen MR) is 88.1 cm³/mol. The Bertz CT molecular complexity index is 603.